The minimum absolute atomic E-state index is 0.0421. The summed E-state index contributed by atoms with van der Waals surface area (Å²) in [7, 11) is 4.14. The Morgan fingerprint density at radius 3 is 2.67 bits per heavy atom. The minimum Gasteiger partial charge on any atom is -0.351 e. The Kier molecular flexibility index (Phi) is 6.32. The Balaban J connectivity index is 1.76. The number of carbonyl (C=O) groups is 1. The van der Waals surface area contributed by atoms with Crippen molar-refractivity contribution in [1.82, 2.24) is 15.0 Å². The molecule has 2 aromatic rings. The van der Waals surface area contributed by atoms with E-state index in [1.807, 2.05) is 11.0 Å². The number of nitrogens with zero attached hydrogens (tertiary/aromatic N) is 3. The molecule has 0 unspecified atom stereocenters. The summed E-state index contributed by atoms with van der Waals surface area (Å²) >= 11 is 0. The van der Waals surface area contributed by atoms with E-state index in [0.717, 1.165) is 44.5 Å². The fourth-order valence-electron chi connectivity index (χ4n) is 3.80. The maximum Gasteiger partial charge on any atom is 0.292 e. The van der Waals surface area contributed by atoms with Crippen molar-refractivity contribution in [3.05, 3.63) is 52.9 Å². The molecule has 0 radical (unpaired) electrons. The van der Waals surface area contributed by atoms with Gasteiger partial charge < -0.3 is 14.3 Å². The third-order valence-electron chi connectivity index (χ3n) is 5.01. The smallest absolute Gasteiger partial charge is 0.292 e. The van der Waals surface area contributed by atoms with E-state index in [0.29, 0.717) is 11.7 Å². The van der Waals surface area contributed by atoms with Crippen molar-refractivity contribution >= 4 is 5.91 Å². The van der Waals surface area contributed by atoms with Crippen LogP contribution in [0.25, 0.3) is 0 Å². The molecule has 146 valence electrons. The van der Waals surface area contributed by atoms with Crippen LogP contribution in [0.3, 0.4) is 0 Å². The maximum absolute atomic E-state index is 13.1. The molecule has 2 heterocycles. The highest BCUT2D eigenvalue weighted by Gasteiger charge is 2.30. The van der Waals surface area contributed by atoms with Crippen molar-refractivity contribution in [1.29, 1.82) is 0 Å². The van der Waals surface area contributed by atoms with Gasteiger partial charge in [0.1, 0.15) is 0 Å². The molecule has 1 aliphatic rings. The zero-order valence-corrected chi connectivity index (χ0v) is 16.9. The first kappa shape index (κ1) is 19.6. The second kappa shape index (κ2) is 8.70. The second-order valence-electron chi connectivity index (χ2n) is 8.27. The lowest BCUT2D eigenvalue weighted by atomic mass is 9.94. The van der Waals surface area contributed by atoms with Crippen LogP contribution in [0, 0.1) is 5.92 Å². The molecule has 0 aliphatic carbocycles. The van der Waals surface area contributed by atoms with Crippen LogP contribution in [0.2, 0.25) is 0 Å². The number of likely N-dealkylation sites (tertiary alicyclic amines) is 1. The molecule has 1 aromatic carbocycles. The Labute approximate surface area is 162 Å². The average molecular weight is 370 g/mol. The highest BCUT2D eigenvalue weighted by Crippen LogP contribution is 2.32. The van der Waals surface area contributed by atoms with Crippen LogP contribution >= 0.6 is 0 Å². The molecule has 0 saturated carbocycles. The van der Waals surface area contributed by atoms with Gasteiger partial charge in [-0.3, -0.25) is 4.79 Å². The fraction of sp³-hybridized carbons (Fsp3) is 0.545. The molecule has 0 bridgehead atoms. The number of benzene rings is 1. The summed E-state index contributed by atoms with van der Waals surface area (Å²) in [6.07, 6.45) is 4.00. The average Bonchev–Trinajstić information content (AvgIpc) is 3.09. The number of hydrogen-bond acceptors (Lipinski definition) is 4. The van der Waals surface area contributed by atoms with Gasteiger partial charge in [0.2, 0.25) is 5.76 Å². The summed E-state index contributed by atoms with van der Waals surface area (Å²) in [4.78, 5) is 17.2. The van der Waals surface area contributed by atoms with E-state index in [2.05, 4.69) is 62.3 Å². The van der Waals surface area contributed by atoms with Gasteiger partial charge in [0.05, 0.1) is 11.7 Å². The topological polar surface area (TPSA) is 49.6 Å². The van der Waals surface area contributed by atoms with Crippen LogP contribution in [0.1, 0.15) is 66.5 Å². The molecule has 5 heteroatoms. The van der Waals surface area contributed by atoms with Crippen molar-refractivity contribution in [3.8, 4) is 0 Å². The van der Waals surface area contributed by atoms with Crippen molar-refractivity contribution in [2.75, 3.05) is 20.6 Å². The van der Waals surface area contributed by atoms with Crippen LogP contribution in [0.15, 0.2) is 34.9 Å². The summed E-state index contributed by atoms with van der Waals surface area (Å²) in [6, 6.07) is 10.6. The molecular weight excluding hydrogens is 338 g/mol. The minimum atomic E-state index is -0.0421. The Bertz CT molecular complexity index is 749. The molecular formula is C22H31N3O2. The van der Waals surface area contributed by atoms with E-state index in [1.165, 1.54) is 11.1 Å². The van der Waals surface area contributed by atoms with Gasteiger partial charge in [0, 0.05) is 19.2 Å². The molecule has 1 aliphatic heterocycles. The van der Waals surface area contributed by atoms with E-state index in [1.54, 1.807) is 0 Å². The van der Waals surface area contributed by atoms with Gasteiger partial charge in [-0.2, -0.15) is 0 Å². The number of hydrogen-bond donors (Lipinski definition) is 0. The molecule has 3 rings (SSSR count). The Morgan fingerprint density at radius 1 is 1.26 bits per heavy atom. The van der Waals surface area contributed by atoms with Crippen LogP contribution in [-0.2, 0) is 13.0 Å². The number of aromatic nitrogens is 1. The third-order valence-corrected chi connectivity index (χ3v) is 5.01. The first-order valence-electron chi connectivity index (χ1n) is 9.94. The third kappa shape index (κ3) is 4.98. The van der Waals surface area contributed by atoms with E-state index >= 15 is 0 Å². The molecule has 1 aromatic heterocycles. The van der Waals surface area contributed by atoms with Gasteiger partial charge in [-0.05, 0) is 56.8 Å². The lowest BCUT2D eigenvalue weighted by Gasteiger charge is -2.35. The maximum atomic E-state index is 13.1. The van der Waals surface area contributed by atoms with Gasteiger partial charge in [0.25, 0.3) is 5.91 Å². The summed E-state index contributed by atoms with van der Waals surface area (Å²) in [6.45, 7) is 5.96. The normalized spacial score (nSPS) is 17.7. The first-order valence-corrected chi connectivity index (χ1v) is 9.94. The lowest BCUT2D eigenvalue weighted by Crippen LogP contribution is -2.38. The van der Waals surface area contributed by atoms with Gasteiger partial charge in [-0.25, -0.2) is 0 Å². The monoisotopic (exact) mass is 369 g/mol. The number of amides is 1. The van der Waals surface area contributed by atoms with Crippen LogP contribution in [0.4, 0.5) is 0 Å². The van der Waals surface area contributed by atoms with E-state index in [9.17, 15) is 4.79 Å². The molecule has 5 nitrogen and oxygen atoms in total. The zero-order chi connectivity index (χ0) is 19.4. The molecule has 1 amide bonds. The predicted octanol–water partition coefficient (Wildman–Crippen LogP) is 4.30. The summed E-state index contributed by atoms with van der Waals surface area (Å²) in [5.74, 6) is 0.808. The van der Waals surface area contributed by atoms with Crippen LogP contribution < -0.4 is 0 Å². The fourth-order valence-corrected chi connectivity index (χ4v) is 3.80. The van der Waals surface area contributed by atoms with Crippen LogP contribution in [0.5, 0.6) is 0 Å². The van der Waals surface area contributed by atoms with E-state index in [-0.39, 0.29) is 11.9 Å². The van der Waals surface area contributed by atoms with Gasteiger partial charge in [0.15, 0.2) is 0 Å². The first-order chi connectivity index (χ1) is 12.9. The van der Waals surface area contributed by atoms with Crippen molar-refractivity contribution in [2.45, 2.75) is 52.1 Å². The van der Waals surface area contributed by atoms with Crippen molar-refractivity contribution < 1.29 is 9.32 Å². The van der Waals surface area contributed by atoms with Gasteiger partial charge in [-0.1, -0.05) is 43.3 Å². The lowest BCUT2D eigenvalue weighted by molar-refractivity contribution is 0.0569. The SMILES string of the molecule is CC(C)Cc1cc(C(=O)N2CCCC[C@H]2c2ccc(CN(C)C)cc2)on1. The molecule has 1 fully saturated rings. The van der Waals surface area contributed by atoms with E-state index in [4.69, 9.17) is 4.52 Å². The Morgan fingerprint density at radius 2 is 2.00 bits per heavy atom. The van der Waals surface area contributed by atoms with Gasteiger partial charge >= 0.3 is 0 Å². The molecule has 0 spiro atoms. The number of rotatable bonds is 6. The molecule has 1 atom stereocenters. The number of piperidine rings is 1. The largest absolute Gasteiger partial charge is 0.351 e. The van der Waals surface area contributed by atoms with Gasteiger partial charge in [-0.15, -0.1) is 0 Å². The highest BCUT2D eigenvalue weighted by molar-refractivity contribution is 5.91. The van der Waals surface area contributed by atoms with E-state index < -0.39 is 0 Å². The standard InChI is InChI=1S/C22H31N3O2/c1-16(2)13-19-14-21(27-23-19)22(26)25-12-6-5-7-20(25)18-10-8-17(9-11-18)15-24(3)4/h8-11,14,16,20H,5-7,12-13,15H2,1-4H3/t20-/m0/s1. The van der Waals surface area contributed by atoms with Crippen molar-refractivity contribution in [2.24, 2.45) is 5.92 Å². The second-order valence-corrected chi connectivity index (χ2v) is 8.27. The van der Waals surface area contributed by atoms with Crippen molar-refractivity contribution in [3.63, 3.8) is 0 Å². The Hall–Kier alpha value is -2.14. The summed E-state index contributed by atoms with van der Waals surface area (Å²) in [5, 5.41) is 4.08. The summed E-state index contributed by atoms with van der Waals surface area (Å²) in [5.41, 5.74) is 3.34. The quantitative estimate of drug-likeness (QED) is 0.762. The molecule has 0 N–H and O–H groups in total. The van der Waals surface area contributed by atoms with Crippen LogP contribution in [-0.4, -0.2) is 41.5 Å². The molecule has 1 saturated heterocycles. The number of carbonyl (C=O) groups excluding carboxylic acids is 1. The highest BCUT2D eigenvalue weighted by atomic mass is 16.5. The zero-order valence-electron chi connectivity index (χ0n) is 16.9. The molecule has 27 heavy (non-hydrogen) atoms. The predicted molar refractivity (Wildman–Crippen MR) is 107 cm³/mol. The summed E-state index contributed by atoms with van der Waals surface area (Å²) < 4.78 is 5.38.